The Morgan fingerprint density at radius 2 is 1.90 bits per heavy atom. The number of anilines is 2. The Hall–Kier alpha value is -2.24. The van der Waals surface area contributed by atoms with Crippen molar-refractivity contribution in [2.45, 2.75) is 26.3 Å². The predicted octanol–water partition coefficient (Wildman–Crippen LogP) is 3.07. The Balaban J connectivity index is 2.12. The largest absolute Gasteiger partial charge is 0.368 e. The number of hydrogen-bond acceptors (Lipinski definition) is 4. The van der Waals surface area contributed by atoms with Gasteiger partial charge >= 0.3 is 0 Å². The molecular formula is C14H16F2N4. The van der Waals surface area contributed by atoms with Gasteiger partial charge < -0.3 is 11.1 Å². The lowest BCUT2D eigenvalue weighted by Gasteiger charge is -2.10. The van der Waals surface area contributed by atoms with E-state index in [1.54, 1.807) is 6.07 Å². The summed E-state index contributed by atoms with van der Waals surface area (Å²) in [7, 11) is 0. The molecule has 1 aromatic heterocycles. The Morgan fingerprint density at radius 3 is 2.55 bits per heavy atom. The van der Waals surface area contributed by atoms with Crippen molar-refractivity contribution in [1.82, 2.24) is 9.97 Å². The summed E-state index contributed by atoms with van der Waals surface area (Å²) in [6.07, 6.45) is 0. The van der Waals surface area contributed by atoms with Gasteiger partial charge in [-0.1, -0.05) is 19.9 Å². The Kier molecular flexibility index (Phi) is 4.12. The maximum Gasteiger partial charge on any atom is 0.222 e. The highest BCUT2D eigenvalue weighted by Gasteiger charge is 2.07. The van der Waals surface area contributed by atoms with Crippen molar-refractivity contribution < 1.29 is 8.78 Å². The quantitative estimate of drug-likeness (QED) is 0.902. The number of nitrogen functional groups attached to an aromatic ring is 1. The number of benzene rings is 1. The van der Waals surface area contributed by atoms with Crippen LogP contribution in [0.3, 0.4) is 0 Å². The number of halogens is 2. The van der Waals surface area contributed by atoms with E-state index in [2.05, 4.69) is 15.3 Å². The molecule has 106 valence electrons. The third kappa shape index (κ3) is 3.40. The fraction of sp³-hybridized carbons (Fsp3) is 0.286. The summed E-state index contributed by atoms with van der Waals surface area (Å²) >= 11 is 0. The lowest BCUT2D eigenvalue weighted by atomic mass is 10.1. The zero-order chi connectivity index (χ0) is 14.7. The van der Waals surface area contributed by atoms with Gasteiger partial charge in [0.15, 0.2) is 11.6 Å². The highest BCUT2D eigenvalue weighted by atomic mass is 19.2. The number of nitrogens with zero attached hydrogens (tertiary/aromatic N) is 2. The number of nitrogens with two attached hydrogens (primary N) is 1. The van der Waals surface area contributed by atoms with Gasteiger partial charge in [0, 0.05) is 12.6 Å². The molecule has 0 atom stereocenters. The second kappa shape index (κ2) is 5.81. The molecule has 20 heavy (non-hydrogen) atoms. The van der Waals surface area contributed by atoms with E-state index in [0.717, 1.165) is 17.8 Å². The normalized spacial score (nSPS) is 10.8. The van der Waals surface area contributed by atoms with Gasteiger partial charge in [-0.15, -0.1) is 0 Å². The van der Waals surface area contributed by atoms with E-state index in [4.69, 9.17) is 5.73 Å². The molecular weight excluding hydrogens is 262 g/mol. The Labute approximate surface area is 116 Å². The lowest BCUT2D eigenvalue weighted by molar-refractivity contribution is 0.507. The van der Waals surface area contributed by atoms with E-state index in [1.165, 1.54) is 6.07 Å². The fourth-order valence-corrected chi connectivity index (χ4v) is 1.71. The van der Waals surface area contributed by atoms with Gasteiger partial charge in [0.05, 0.1) is 5.69 Å². The summed E-state index contributed by atoms with van der Waals surface area (Å²) in [5, 5.41) is 3.02. The van der Waals surface area contributed by atoms with E-state index in [-0.39, 0.29) is 11.9 Å². The van der Waals surface area contributed by atoms with Crippen molar-refractivity contribution in [3.63, 3.8) is 0 Å². The van der Waals surface area contributed by atoms with Crippen molar-refractivity contribution in [3.8, 4) is 0 Å². The van der Waals surface area contributed by atoms with Gasteiger partial charge in [0.2, 0.25) is 5.95 Å². The number of nitrogens with one attached hydrogen (secondary N) is 1. The maximum absolute atomic E-state index is 13.1. The van der Waals surface area contributed by atoms with E-state index in [9.17, 15) is 8.78 Å². The Bertz CT molecular complexity index is 614. The first-order chi connectivity index (χ1) is 9.45. The van der Waals surface area contributed by atoms with Gasteiger partial charge in [0.1, 0.15) is 5.82 Å². The molecule has 0 amide bonds. The molecule has 0 aliphatic rings. The van der Waals surface area contributed by atoms with Crippen molar-refractivity contribution in [2.24, 2.45) is 0 Å². The molecule has 0 aliphatic carbocycles. The van der Waals surface area contributed by atoms with Crippen LogP contribution in [0.25, 0.3) is 0 Å². The molecule has 2 rings (SSSR count). The molecule has 0 saturated carbocycles. The van der Waals surface area contributed by atoms with Crippen LogP contribution in [-0.4, -0.2) is 9.97 Å². The second-order valence-corrected chi connectivity index (χ2v) is 4.79. The van der Waals surface area contributed by atoms with Gasteiger partial charge in [-0.25, -0.2) is 13.8 Å². The average Bonchev–Trinajstić information content (AvgIpc) is 2.39. The van der Waals surface area contributed by atoms with Crippen molar-refractivity contribution in [1.29, 1.82) is 0 Å². The van der Waals surface area contributed by atoms with Crippen LogP contribution in [0.4, 0.5) is 20.5 Å². The van der Waals surface area contributed by atoms with Crippen LogP contribution >= 0.6 is 0 Å². The number of aromatic nitrogens is 2. The molecule has 0 unspecified atom stereocenters. The summed E-state index contributed by atoms with van der Waals surface area (Å²) in [6, 6.07) is 5.55. The number of rotatable bonds is 4. The summed E-state index contributed by atoms with van der Waals surface area (Å²) in [4.78, 5) is 8.19. The molecule has 0 spiro atoms. The minimum Gasteiger partial charge on any atom is -0.368 e. The minimum atomic E-state index is -0.866. The van der Waals surface area contributed by atoms with Crippen LogP contribution in [0.1, 0.15) is 31.0 Å². The average molecular weight is 278 g/mol. The molecule has 0 saturated heterocycles. The van der Waals surface area contributed by atoms with Gasteiger partial charge in [-0.05, 0) is 23.6 Å². The first-order valence-corrected chi connectivity index (χ1v) is 6.28. The van der Waals surface area contributed by atoms with Gasteiger partial charge in [-0.2, -0.15) is 4.98 Å². The van der Waals surface area contributed by atoms with Gasteiger partial charge in [0.25, 0.3) is 0 Å². The first-order valence-electron chi connectivity index (χ1n) is 6.28. The number of hydrogen-bond donors (Lipinski definition) is 2. The summed E-state index contributed by atoms with van der Waals surface area (Å²) in [5.41, 5.74) is 7.08. The summed E-state index contributed by atoms with van der Waals surface area (Å²) in [5.74, 6) is -0.754. The van der Waals surface area contributed by atoms with Crippen LogP contribution in [0, 0.1) is 11.6 Å². The smallest absolute Gasteiger partial charge is 0.222 e. The van der Waals surface area contributed by atoms with Crippen LogP contribution in [-0.2, 0) is 6.54 Å². The molecule has 2 aromatic rings. The van der Waals surface area contributed by atoms with Crippen LogP contribution < -0.4 is 11.1 Å². The second-order valence-electron chi connectivity index (χ2n) is 4.79. The monoisotopic (exact) mass is 278 g/mol. The van der Waals surface area contributed by atoms with Gasteiger partial charge in [-0.3, -0.25) is 0 Å². The standard InChI is InChI=1S/C14H16F2N4/c1-8(2)12-6-13(20-14(17)19-12)18-7-9-3-4-10(15)11(16)5-9/h3-6,8H,7H2,1-2H3,(H3,17,18,19,20). The van der Waals surface area contributed by atoms with Crippen LogP contribution in [0.15, 0.2) is 24.3 Å². The molecule has 0 bridgehead atoms. The highest BCUT2D eigenvalue weighted by molar-refractivity contribution is 5.42. The molecule has 1 heterocycles. The molecule has 4 nitrogen and oxygen atoms in total. The first kappa shape index (κ1) is 14.2. The summed E-state index contributed by atoms with van der Waals surface area (Å²) < 4.78 is 25.9. The molecule has 6 heteroatoms. The molecule has 0 fully saturated rings. The third-order valence-electron chi connectivity index (χ3n) is 2.81. The summed E-state index contributed by atoms with van der Waals surface area (Å²) in [6.45, 7) is 4.33. The van der Waals surface area contributed by atoms with E-state index in [0.29, 0.717) is 17.9 Å². The highest BCUT2D eigenvalue weighted by Crippen LogP contribution is 2.17. The molecule has 3 N–H and O–H groups in total. The fourth-order valence-electron chi connectivity index (χ4n) is 1.71. The molecule has 0 aliphatic heterocycles. The van der Waals surface area contributed by atoms with E-state index >= 15 is 0 Å². The SMILES string of the molecule is CC(C)c1cc(NCc2ccc(F)c(F)c2)nc(N)n1. The van der Waals surface area contributed by atoms with Crippen molar-refractivity contribution in [2.75, 3.05) is 11.1 Å². The van der Waals surface area contributed by atoms with Crippen molar-refractivity contribution >= 4 is 11.8 Å². The van der Waals surface area contributed by atoms with E-state index < -0.39 is 11.6 Å². The third-order valence-corrected chi connectivity index (χ3v) is 2.81. The minimum absolute atomic E-state index is 0.184. The van der Waals surface area contributed by atoms with Crippen LogP contribution in [0.2, 0.25) is 0 Å². The topological polar surface area (TPSA) is 63.8 Å². The van der Waals surface area contributed by atoms with Crippen LogP contribution in [0.5, 0.6) is 0 Å². The van der Waals surface area contributed by atoms with Crippen molar-refractivity contribution in [3.05, 3.63) is 47.2 Å². The predicted molar refractivity (Wildman–Crippen MR) is 74.2 cm³/mol. The zero-order valence-electron chi connectivity index (χ0n) is 11.3. The molecule has 1 aromatic carbocycles. The van der Waals surface area contributed by atoms with E-state index in [1.807, 2.05) is 13.8 Å². The Morgan fingerprint density at radius 1 is 1.15 bits per heavy atom. The molecule has 0 radical (unpaired) electrons. The maximum atomic E-state index is 13.1. The lowest BCUT2D eigenvalue weighted by Crippen LogP contribution is -2.07. The zero-order valence-corrected chi connectivity index (χ0v) is 11.3.